The minimum absolute atomic E-state index is 0.395. The van der Waals surface area contributed by atoms with Gasteiger partial charge in [0.2, 0.25) is 0 Å². The van der Waals surface area contributed by atoms with E-state index in [1.165, 1.54) is 27.6 Å². The van der Waals surface area contributed by atoms with Crippen LogP contribution in [0, 0.1) is 30.1 Å². The molecule has 3 aliphatic rings. The maximum absolute atomic E-state index is 9.33. The number of ether oxygens (including phenoxy) is 1. The molecule has 0 unspecified atom stereocenters. The maximum atomic E-state index is 9.33. The summed E-state index contributed by atoms with van der Waals surface area (Å²) in [6.07, 6.45) is 4.85. The van der Waals surface area contributed by atoms with Crippen LogP contribution in [0.1, 0.15) is 49.4 Å². The lowest BCUT2D eigenvalue weighted by Crippen LogP contribution is -2.39. The van der Waals surface area contributed by atoms with Gasteiger partial charge in [0, 0.05) is 55.3 Å². The Labute approximate surface area is 232 Å². The standard InChI is InChI=1S/C32H40N6O/c1-22-17-26(36(3)18-22)21-39-32-34-28-20-37(29-11-5-10-25-9-4-7-23(2)30(25)29)16-13-27(28)31(35-32)38-15-6-8-24(19-38)12-14-33/h4-5,7,9-11,22,24,26H,6,8,12-13,15-21H2,1-3H3/t22-,24-,26-/m0/s1. The minimum Gasteiger partial charge on any atom is -0.462 e. The Morgan fingerprint density at radius 1 is 1.08 bits per heavy atom. The molecule has 0 saturated carbocycles. The third kappa shape index (κ3) is 5.27. The fourth-order valence-electron chi connectivity index (χ4n) is 6.97. The molecular weight excluding hydrogens is 484 g/mol. The van der Waals surface area contributed by atoms with Crippen molar-refractivity contribution in [2.75, 3.05) is 49.6 Å². The highest BCUT2D eigenvalue weighted by Gasteiger charge is 2.31. The molecule has 204 valence electrons. The van der Waals surface area contributed by atoms with Gasteiger partial charge in [-0.25, -0.2) is 0 Å². The van der Waals surface area contributed by atoms with Crippen LogP contribution in [0.15, 0.2) is 36.4 Å². The van der Waals surface area contributed by atoms with Crippen LogP contribution in [0.3, 0.4) is 0 Å². The van der Waals surface area contributed by atoms with E-state index in [2.05, 4.69) is 78.1 Å². The molecule has 2 aromatic carbocycles. The molecule has 6 rings (SSSR count). The Bertz CT molecular complexity index is 1380. The van der Waals surface area contributed by atoms with Crippen LogP contribution in [0.25, 0.3) is 10.8 Å². The van der Waals surface area contributed by atoms with E-state index in [1.54, 1.807) is 0 Å². The van der Waals surface area contributed by atoms with Crippen molar-refractivity contribution in [1.29, 1.82) is 5.26 Å². The van der Waals surface area contributed by atoms with Crippen molar-refractivity contribution in [2.45, 2.75) is 58.5 Å². The fourth-order valence-corrected chi connectivity index (χ4v) is 6.97. The number of benzene rings is 2. The fraction of sp³-hybridized carbons (Fsp3) is 0.531. The van der Waals surface area contributed by atoms with Crippen molar-refractivity contribution >= 4 is 22.3 Å². The van der Waals surface area contributed by atoms with Gasteiger partial charge in [-0.1, -0.05) is 37.3 Å². The molecule has 0 N–H and O–H groups in total. The number of fused-ring (bicyclic) bond motifs is 2. The third-order valence-electron chi connectivity index (χ3n) is 8.96. The number of nitrogens with zero attached hydrogens (tertiary/aromatic N) is 6. The average molecular weight is 525 g/mol. The number of anilines is 2. The van der Waals surface area contributed by atoms with E-state index in [0.717, 1.165) is 69.9 Å². The second-order valence-corrected chi connectivity index (χ2v) is 11.9. The third-order valence-corrected chi connectivity index (χ3v) is 8.96. The number of nitriles is 1. The number of aromatic nitrogens is 2. The molecular formula is C32H40N6O. The maximum Gasteiger partial charge on any atom is 0.318 e. The molecule has 3 aliphatic heterocycles. The quantitative estimate of drug-likeness (QED) is 0.431. The molecule has 0 amide bonds. The number of hydrogen-bond donors (Lipinski definition) is 0. The first kappa shape index (κ1) is 25.9. The lowest BCUT2D eigenvalue weighted by atomic mass is 9.94. The predicted octanol–water partition coefficient (Wildman–Crippen LogP) is 5.35. The van der Waals surface area contributed by atoms with Crippen molar-refractivity contribution in [1.82, 2.24) is 14.9 Å². The second kappa shape index (κ2) is 11.0. The van der Waals surface area contributed by atoms with Gasteiger partial charge < -0.3 is 14.5 Å². The molecule has 0 bridgehead atoms. The molecule has 2 saturated heterocycles. The van der Waals surface area contributed by atoms with Gasteiger partial charge in [0.15, 0.2) is 0 Å². The molecule has 3 atom stereocenters. The SMILES string of the molecule is Cc1cccc2cccc(N3CCc4c(nc(OC[C@@H]5C[C@H](C)CN5C)nc4N4CCC[C@@H](CC#N)C4)C3)c12. The Kier molecular flexibility index (Phi) is 7.31. The zero-order valence-corrected chi connectivity index (χ0v) is 23.6. The summed E-state index contributed by atoms with van der Waals surface area (Å²) < 4.78 is 6.35. The summed E-state index contributed by atoms with van der Waals surface area (Å²) in [5, 5.41) is 11.9. The van der Waals surface area contributed by atoms with Crippen molar-refractivity contribution in [2.24, 2.45) is 11.8 Å². The van der Waals surface area contributed by atoms with E-state index in [4.69, 9.17) is 14.7 Å². The van der Waals surface area contributed by atoms with E-state index in [1.807, 2.05) is 0 Å². The monoisotopic (exact) mass is 524 g/mol. The van der Waals surface area contributed by atoms with Crippen LogP contribution >= 0.6 is 0 Å². The number of hydrogen-bond acceptors (Lipinski definition) is 7. The van der Waals surface area contributed by atoms with E-state index >= 15 is 0 Å². The van der Waals surface area contributed by atoms with Gasteiger partial charge in [-0.3, -0.25) is 4.90 Å². The van der Waals surface area contributed by atoms with Gasteiger partial charge in [0.05, 0.1) is 18.3 Å². The average Bonchev–Trinajstić information content (AvgIpc) is 3.27. The van der Waals surface area contributed by atoms with Crippen LogP contribution in [0.2, 0.25) is 0 Å². The highest BCUT2D eigenvalue weighted by atomic mass is 16.5. The van der Waals surface area contributed by atoms with Gasteiger partial charge in [-0.05, 0) is 68.5 Å². The second-order valence-electron chi connectivity index (χ2n) is 11.9. The summed E-state index contributed by atoms with van der Waals surface area (Å²) in [7, 11) is 2.18. The van der Waals surface area contributed by atoms with Crippen LogP contribution in [0.4, 0.5) is 11.5 Å². The van der Waals surface area contributed by atoms with Gasteiger partial charge in [0.1, 0.15) is 12.4 Å². The first-order valence-electron chi connectivity index (χ1n) is 14.6. The first-order valence-corrected chi connectivity index (χ1v) is 14.6. The molecule has 0 radical (unpaired) electrons. The molecule has 7 heteroatoms. The van der Waals surface area contributed by atoms with Crippen molar-refractivity contribution in [3.8, 4) is 12.1 Å². The zero-order chi connectivity index (χ0) is 26.9. The summed E-state index contributed by atoms with van der Waals surface area (Å²) >= 11 is 0. The van der Waals surface area contributed by atoms with Gasteiger partial charge >= 0.3 is 6.01 Å². The highest BCUT2D eigenvalue weighted by Crippen LogP contribution is 2.36. The predicted molar refractivity (Wildman–Crippen MR) is 156 cm³/mol. The van der Waals surface area contributed by atoms with E-state index in [-0.39, 0.29) is 0 Å². The largest absolute Gasteiger partial charge is 0.462 e. The summed E-state index contributed by atoms with van der Waals surface area (Å²) in [6.45, 7) is 9.75. The molecule has 3 aromatic rings. The molecule has 2 fully saturated rings. The Morgan fingerprint density at radius 3 is 2.72 bits per heavy atom. The van der Waals surface area contributed by atoms with E-state index in [0.29, 0.717) is 36.9 Å². The number of aryl methyl sites for hydroxylation is 1. The summed E-state index contributed by atoms with van der Waals surface area (Å²) in [5.41, 5.74) is 4.89. The highest BCUT2D eigenvalue weighted by molar-refractivity contribution is 5.97. The summed E-state index contributed by atoms with van der Waals surface area (Å²) in [5.74, 6) is 2.11. The lowest BCUT2D eigenvalue weighted by molar-refractivity contribution is 0.187. The Balaban J connectivity index is 1.33. The Hall–Kier alpha value is -3.37. The molecule has 0 spiro atoms. The van der Waals surface area contributed by atoms with Crippen LogP contribution < -0.4 is 14.5 Å². The van der Waals surface area contributed by atoms with Gasteiger partial charge in [-0.2, -0.15) is 15.2 Å². The van der Waals surface area contributed by atoms with Crippen LogP contribution in [-0.4, -0.2) is 60.7 Å². The number of likely N-dealkylation sites (N-methyl/N-ethyl adjacent to an activating group) is 1. The Morgan fingerprint density at radius 2 is 1.92 bits per heavy atom. The van der Waals surface area contributed by atoms with E-state index in [9.17, 15) is 5.26 Å². The molecule has 0 aliphatic carbocycles. The minimum atomic E-state index is 0.395. The summed E-state index contributed by atoms with van der Waals surface area (Å²) in [4.78, 5) is 17.3. The van der Waals surface area contributed by atoms with Crippen molar-refractivity contribution < 1.29 is 4.74 Å². The van der Waals surface area contributed by atoms with Crippen molar-refractivity contribution in [3.63, 3.8) is 0 Å². The number of likely N-dealkylation sites (tertiary alicyclic amines) is 1. The first-order chi connectivity index (χ1) is 19.0. The van der Waals surface area contributed by atoms with Crippen molar-refractivity contribution in [3.05, 3.63) is 53.2 Å². The van der Waals surface area contributed by atoms with Gasteiger partial charge in [0.25, 0.3) is 0 Å². The zero-order valence-electron chi connectivity index (χ0n) is 23.6. The molecule has 39 heavy (non-hydrogen) atoms. The smallest absolute Gasteiger partial charge is 0.318 e. The van der Waals surface area contributed by atoms with E-state index < -0.39 is 0 Å². The van der Waals surface area contributed by atoms with Crippen LogP contribution in [-0.2, 0) is 13.0 Å². The lowest BCUT2D eigenvalue weighted by Gasteiger charge is -2.37. The molecule has 1 aromatic heterocycles. The molecule has 7 nitrogen and oxygen atoms in total. The van der Waals surface area contributed by atoms with Crippen LogP contribution in [0.5, 0.6) is 6.01 Å². The summed E-state index contributed by atoms with van der Waals surface area (Å²) in [6, 6.07) is 16.4. The number of piperidine rings is 1. The molecule has 4 heterocycles. The van der Waals surface area contributed by atoms with Gasteiger partial charge in [-0.15, -0.1) is 0 Å². The number of rotatable bonds is 6. The normalized spacial score (nSPS) is 23.6. The topological polar surface area (TPSA) is 68.5 Å².